The van der Waals surface area contributed by atoms with Gasteiger partial charge in [0.25, 0.3) is 0 Å². The summed E-state index contributed by atoms with van der Waals surface area (Å²) in [5.41, 5.74) is 0.850. The molecule has 1 aromatic rings. The van der Waals surface area contributed by atoms with Crippen LogP contribution in [0.4, 0.5) is 0 Å². The average Bonchev–Trinajstić information content (AvgIpc) is 2.82. The van der Waals surface area contributed by atoms with Crippen LogP contribution in [0.1, 0.15) is 38.3 Å². The minimum Gasteiger partial charge on any atom is -0.497 e. The molecule has 22 heavy (non-hydrogen) atoms. The number of carboxylic acids is 1. The van der Waals surface area contributed by atoms with Crippen LogP contribution in [0.2, 0.25) is 0 Å². The van der Waals surface area contributed by atoms with Gasteiger partial charge in [-0.2, -0.15) is 0 Å². The second-order valence-electron chi connectivity index (χ2n) is 6.14. The van der Waals surface area contributed by atoms with E-state index in [2.05, 4.69) is 13.8 Å². The average molecular weight is 305 g/mol. The topological polar surface area (TPSA) is 66.8 Å². The number of hydrogen-bond donors (Lipinski definition) is 1. The maximum absolute atomic E-state index is 12.2. The van der Waals surface area contributed by atoms with Crippen molar-refractivity contribution in [1.29, 1.82) is 0 Å². The molecule has 5 nitrogen and oxygen atoms in total. The molecule has 0 bridgehead atoms. The maximum Gasteiger partial charge on any atom is 0.309 e. The Balaban J connectivity index is 2.29. The van der Waals surface area contributed by atoms with Gasteiger partial charge in [-0.25, -0.2) is 0 Å². The summed E-state index contributed by atoms with van der Waals surface area (Å²) in [4.78, 5) is 25.5. The molecule has 5 heteroatoms. The molecule has 1 aliphatic heterocycles. The Morgan fingerprint density at radius 2 is 2.00 bits per heavy atom. The number of benzene rings is 1. The lowest BCUT2D eigenvalue weighted by Crippen LogP contribution is -2.32. The van der Waals surface area contributed by atoms with Crippen LogP contribution in [0.25, 0.3) is 0 Å². The van der Waals surface area contributed by atoms with Crippen LogP contribution in [0.15, 0.2) is 24.3 Å². The number of carboxylic acid groups (broad SMARTS) is 1. The number of amides is 1. The highest BCUT2D eigenvalue weighted by atomic mass is 16.5. The van der Waals surface area contributed by atoms with Crippen LogP contribution >= 0.6 is 0 Å². The van der Waals surface area contributed by atoms with E-state index in [-0.39, 0.29) is 12.3 Å². The second-order valence-corrected chi connectivity index (χ2v) is 6.14. The molecule has 120 valence electrons. The highest BCUT2D eigenvalue weighted by Crippen LogP contribution is 2.39. The fraction of sp³-hybridized carbons (Fsp3) is 0.529. The third-order valence-electron chi connectivity index (χ3n) is 4.15. The van der Waals surface area contributed by atoms with Crippen molar-refractivity contribution in [3.8, 4) is 5.75 Å². The SMILES string of the molecule is COc1ccc([C@H]2[C@@H](C(=O)O)CC(=O)N2CCC(C)C)cc1. The number of hydrogen-bond acceptors (Lipinski definition) is 3. The number of rotatable bonds is 6. The van der Waals surface area contributed by atoms with Crippen molar-refractivity contribution in [2.75, 3.05) is 13.7 Å². The number of ether oxygens (including phenoxy) is 1. The molecule has 0 saturated carbocycles. The van der Waals surface area contributed by atoms with Gasteiger partial charge in [-0.05, 0) is 30.0 Å². The van der Waals surface area contributed by atoms with Gasteiger partial charge in [0.2, 0.25) is 5.91 Å². The van der Waals surface area contributed by atoms with Gasteiger partial charge in [0.1, 0.15) is 5.75 Å². The Bertz CT molecular complexity index is 538. The van der Waals surface area contributed by atoms with Crippen molar-refractivity contribution >= 4 is 11.9 Å². The molecule has 1 amide bonds. The van der Waals surface area contributed by atoms with Crippen LogP contribution in [0.5, 0.6) is 5.75 Å². The minimum absolute atomic E-state index is 0.0735. The Morgan fingerprint density at radius 3 is 2.50 bits per heavy atom. The molecule has 1 aliphatic rings. The molecular formula is C17H23NO4. The number of carbonyl (C=O) groups excluding carboxylic acids is 1. The quantitative estimate of drug-likeness (QED) is 0.877. The molecule has 1 fully saturated rings. The van der Waals surface area contributed by atoms with Gasteiger partial charge < -0.3 is 14.7 Å². The van der Waals surface area contributed by atoms with Crippen molar-refractivity contribution in [2.24, 2.45) is 11.8 Å². The Kier molecular flexibility index (Phi) is 5.06. The number of carbonyl (C=O) groups is 2. The predicted octanol–water partition coefficient (Wildman–Crippen LogP) is 2.72. The number of likely N-dealkylation sites (tertiary alicyclic amines) is 1. The molecule has 0 aromatic heterocycles. The molecule has 0 aliphatic carbocycles. The van der Waals surface area contributed by atoms with Gasteiger partial charge in [0.15, 0.2) is 0 Å². The first-order valence-corrected chi connectivity index (χ1v) is 7.60. The van der Waals surface area contributed by atoms with Crippen molar-refractivity contribution in [3.05, 3.63) is 29.8 Å². The van der Waals surface area contributed by atoms with E-state index < -0.39 is 17.9 Å². The summed E-state index contributed by atoms with van der Waals surface area (Å²) < 4.78 is 5.14. The lowest BCUT2D eigenvalue weighted by molar-refractivity contribution is -0.142. The van der Waals surface area contributed by atoms with E-state index in [1.54, 1.807) is 24.1 Å². The number of methoxy groups -OCH3 is 1. The molecule has 2 rings (SSSR count). The highest BCUT2D eigenvalue weighted by Gasteiger charge is 2.44. The van der Waals surface area contributed by atoms with E-state index >= 15 is 0 Å². The van der Waals surface area contributed by atoms with Gasteiger partial charge in [0, 0.05) is 13.0 Å². The molecule has 0 radical (unpaired) electrons. The summed E-state index contributed by atoms with van der Waals surface area (Å²) in [7, 11) is 1.59. The molecule has 2 atom stereocenters. The normalized spacial score (nSPS) is 21.5. The predicted molar refractivity (Wildman–Crippen MR) is 82.6 cm³/mol. The summed E-state index contributed by atoms with van der Waals surface area (Å²) in [5.74, 6) is -0.495. The van der Waals surface area contributed by atoms with Crippen molar-refractivity contribution in [3.63, 3.8) is 0 Å². The Labute approximate surface area is 130 Å². The van der Waals surface area contributed by atoms with Crippen LogP contribution in [0, 0.1) is 11.8 Å². The molecule has 1 saturated heterocycles. The number of aliphatic carboxylic acids is 1. The monoisotopic (exact) mass is 305 g/mol. The van der Waals surface area contributed by atoms with Crippen molar-refractivity contribution in [2.45, 2.75) is 32.7 Å². The van der Waals surface area contributed by atoms with Gasteiger partial charge in [-0.15, -0.1) is 0 Å². The first-order chi connectivity index (χ1) is 10.4. The van der Waals surface area contributed by atoms with E-state index in [9.17, 15) is 14.7 Å². The lowest BCUT2D eigenvalue weighted by Gasteiger charge is -2.28. The standard InChI is InChI=1S/C17H23NO4/c1-11(2)8-9-18-15(19)10-14(17(20)21)16(18)12-4-6-13(22-3)7-5-12/h4-7,11,14,16H,8-10H2,1-3H3,(H,20,21)/t14-,16-/m0/s1. The first kappa shape index (κ1) is 16.3. The molecule has 1 heterocycles. The molecular weight excluding hydrogens is 282 g/mol. The highest BCUT2D eigenvalue weighted by molar-refractivity contribution is 5.87. The van der Waals surface area contributed by atoms with E-state index in [1.165, 1.54) is 0 Å². The van der Waals surface area contributed by atoms with E-state index in [0.29, 0.717) is 18.2 Å². The first-order valence-electron chi connectivity index (χ1n) is 7.60. The minimum atomic E-state index is -0.916. The molecule has 0 unspecified atom stereocenters. The van der Waals surface area contributed by atoms with Gasteiger partial charge >= 0.3 is 5.97 Å². The van der Waals surface area contributed by atoms with Crippen LogP contribution in [-0.2, 0) is 9.59 Å². The van der Waals surface area contributed by atoms with E-state index in [1.807, 2.05) is 12.1 Å². The summed E-state index contributed by atoms with van der Waals surface area (Å²) in [6.45, 7) is 4.78. The molecule has 1 aromatic carbocycles. The van der Waals surface area contributed by atoms with Crippen LogP contribution < -0.4 is 4.74 Å². The maximum atomic E-state index is 12.2. The third-order valence-corrected chi connectivity index (χ3v) is 4.15. The Hall–Kier alpha value is -2.04. The second kappa shape index (κ2) is 6.81. The van der Waals surface area contributed by atoms with Crippen molar-refractivity contribution in [1.82, 2.24) is 4.90 Å². The molecule has 1 N–H and O–H groups in total. The summed E-state index contributed by atoms with van der Waals surface area (Å²) in [6.07, 6.45) is 0.939. The van der Waals surface area contributed by atoms with E-state index in [0.717, 1.165) is 12.0 Å². The fourth-order valence-corrected chi connectivity index (χ4v) is 2.89. The lowest BCUT2D eigenvalue weighted by atomic mass is 9.93. The van der Waals surface area contributed by atoms with Gasteiger partial charge in [-0.3, -0.25) is 9.59 Å². The van der Waals surface area contributed by atoms with Crippen LogP contribution in [-0.4, -0.2) is 35.5 Å². The van der Waals surface area contributed by atoms with Crippen molar-refractivity contribution < 1.29 is 19.4 Å². The third kappa shape index (κ3) is 3.40. The largest absolute Gasteiger partial charge is 0.497 e. The summed E-state index contributed by atoms with van der Waals surface area (Å²) >= 11 is 0. The Morgan fingerprint density at radius 1 is 1.36 bits per heavy atom. The van der Waals surface area contributed by atoms with Gasteiger partial charge in [-0.1, -0.05) is 26.0 Å². The smallest absolute Gasteiger partial charge is 0.309 e. The zero-order valence-corrected chi connectivity index (χ0v) is 13.3. The summed E-state index contributed by atoms with van der Waals surface area (Å²) in [5, 5.41) is 9.46. The summed E-state index contributed by atoms with van der Waals surface area (Å²) in [6, 6.07) is 6.91. The van der Waals surface area contributed by atoms with Crippen LogP contribution in [0.3, 0.4) is 0 Å². The molecule has 0 spiro atoms. The fourth-order valence-electron chi connectivity index (χ4n) is 2.89. The zero-order chi connectivity index (χ0) is 16.3. The zero-order valence-electron chi connectivity index (χ0n) is 13.3. The van der Waals surface area contributed by atoms with Gasteiger partial charge in [0.05, 0.1) is 19.1 Å². The van der Waals surface area contributed by atoms with E-state index in [4.69, 9.17) is 4.74 Å². The number of nitrogens with zero attached hydrogens (tertiary/aromatic N) is 1.